The molecule has 0 saturated heterocycles. The van der Waals surface area contributed by atoms with E-state index in [2.05, 4.69) is 47.2 Å². The molecule has 3 heteroatoms. The molecule has 1 aromatic heterocycles. The van der Waals surface area contributed by atoms with E-state index in [0.29, 0.717) is 6.04 Å². The van der Waals surface area contributed by atoms with Crippen molar-refractivity contribution in [3.8, 4) is 0 Å². The van der Waals surface area contributed by atoms with Gasteiger partial charge in [0.2, 0.25) is 0 Å². The van der Waals surface area contributed by atoms with Crippen molar-refractivity contribution in [1.29, 1.82) is 0 Å². The lowest BCUT2D eigenvalue weighted by atomic mass is 10.1. The Labute approximate surface area is 99.0 Å². The molecular formula is C11H18BrNS. The van der Waals surface area contributed by atoms with Crippen molar-refractivity contribution in [2.45, 2.75) is 39.2 Å². The van der Waals surface area contributed by atoms with Crippen LogP contribution in [0, 0.1) is 0 Å². The van der Waals surface area contributed by atoms with Gasteiger partial charge in [0.15, 0.2) is 0 Å². The fraction of sp³-hybridized carbons (Fsp3) is 0.636. The molecule has 1 aromatic rings. The summed E-state index contributed by atoms with van der Waals surface area (Å²) in [6.45, 7) is 5.56. The number of halogens is 1. The van der Waals surface area contributed by atoms with Crippen molar-refractivity contribution in [1.82, 2.24) is 5.32 Å². The maximum Gasteiger partial charge on any atom is 0.0701 e. The third-order valence-corrected chi connectivity index (χ3v) is 3.89. The first-order valence-corrected chi connectivity index (χ1v) is 6.87. The van der Waals surface area contributed by atoms with Crippen LogP contribution in [0.4, 0.5) is 0 Å². The average Bonchev–Trinajstić information content (AvgIpc) is 2.59. The van der Waals surface area contributed by atoms with Crippen LogP contribution in [0.2, 0.25) is 0 Å². The summed E-state index contributed by atoms with van der Waals surface area (Å²) in [6, 6.07) is 4.91. The molecule has 0 spiro atoms. The highest BCUT2D eigenvalue weighted by atomic mass is 79.9. The number of thiophene rings is 1. The maximum atomic E-state index is 3.59. The van der Waals surface area contributed by atoms with Gasteiger partial charge in [-0.3, -0.25) is 0 Å². The third-order valence-electron chi connectivity index (χ3n) is 2.16. The van der Waals surface area contributed by atoms with E-state index in [1.165, 1.54) is 27.9 Å². The molecule has 1 atom stereocenters. The van der Waals surface area contributed by atoms with Crippen LogP contribution in [-0.4, -0.2) is 6.54 Å². The normalized spacial score (nSPS) is 13.1. The molecule has 1 unspecified atom stereocenters. The molecule has 1 nitrogen and oxygen atoms in total. The molecule has 1 rings (SSSR count). The number of rotatable bonds is 6. The van der Waals surface area contributed by atoms with Crippen LogP contribution in [0.15, 0.2) is 15.9 Å². The van der Waals surface area contributed by atoms with Gasteiger partial charge in [-0.05, 0) is 47.4 Å². The van der Waals surface area contributed by atoms with Crippen LogP contribution in [0.5, 0.6) is 0 Å². The molecule has 1 heterocycles. The van der Waals surface area contributed by atoms with Gasteiger partial charge >= 0.3 is 0 Å². The van der Waals surface area contributed by atoms with E-state index >= 15 is 0 Å². The number of nitrogens with one attached hydrogen (secondary N) is 1. The zero-order valence-electron chi connectivity index (χ0n) is 8.85. The lowest BCUT2D eigenvalue weighted by Gasteiger charge is -2.15. The van der Waals surface area contributed by atoms with Crippen LogP contribution >= 0.6 is 27.3 Å². The van der Waals surface area contributed by atoms with Crippen LogP contribution in [0.3, 0.4) is 0 Å². The fourth-order valence-electron chi connectivity index (χ4n) is 1.47. The molecule has 1 N–H and O–H groups in total. The van der Waals surface area contributed by atoms with Crippen LogP contribution < -0.4 is 5.32 Å². The van der Waals surface area contributed by atoms with Crippen molar-refractivity contribution < 1.29 is 0 Å². The van der Waals surface area contributed by atoms with Gasteiger partial charge < -0.3 is 5.32 Å². The summed E-state index contributed by atoms with van der Waals surface area (Å²) in [5.41, 5.74) is 0. The summed E-state index contributed by atoms with van der Waals surface area (Å²) in [5, 5.41) is 3.59. The zero-order valence-corrected chi connectivity index (χ0v) is 11.2. The highest BCUT2D eigenvalue weighted by Gasteiger charge is 2.11. The summed E-state index contributed by atoms with van der Waals surface area (Å²) in [6.07, 6.45) is 3.66. The smallest absolute Gasteiger partial charge is 0.0701 e. The second-order valence-corrected chi connectivity index (χ2v) is 5.93. The van der Waals surface area contributed by atoms with E-state index in [4.69, 9.17) is 0 Å². The number of hydrogen-bond acceptors (Lipinski definition) is 2. The molecule has 0 aromatic carbocycles. The summed E-state index contributed by atoms with van der Waals surface area (Å²) in [4.78, 5) is 1.45. The van der Waals surface area contributed by atoms with Crippen LogP contribution in [0.25, 0.3) is 0 Å². The van der Waals surface area contributed by atoms with Crippen LogP contribution in [0.1, 0.15) is 44.0 Å². The SMILES string of the molecule is CCCNC(CCC)c1ccc(Br)s1. The van der Waals surface area contributed by atoms with Gasteiger partial charge in [0.05, 0.1) is 3.79 Å². The Morgan fingerprint density at radius 3 is 2.64 bits per heavy atom. The highest BCUT2D eigenvalue weighted by Crippen LogP contribution is 2.29. The Bertz CT molecular complexity index is 260. The van der Waals surface area contributed by atoms with Crippen molar-refractivity contribution in [2.75, 3.05) is 6.54 Å². The van der Waals surface area contributed by atoms with Crippen molar-refractivity contribution in [3.63, 3.8) is 0 Å². The van der Waals surface area contributed by atoms with Gasteiger partial charge in [0.1, 0.15) is 0 Å². The molecule has 0 bridgehead atoms. The second-order valence-electron chi connectivity index (χ2n) is 3.44. The van der Waals surface area contributed by atoms with E-state index in [1.54, 1.807) is 0 Å². The maximum absolute atomic E-state index is 3.59. The minimum absolute atomic E-state index is 0.552. The molecule has 0 fully saturated rings. The minimum atomic E-state index is 0.552. The molecule has 0 aliphatic carbocycles. The van der Waals surface area contributed by atoms with Gasteiger partial charge in [-0.25, -0.2) is 0 Å². The Kier molecular flexibility index (Phi) is 5.75. The van der Waals surface area contributed by atoms with Gasteiger partial charge in [-0.15, -0.1) is 11.3 Å². The molecule has 80 valence electrons. The summed E-state index contributed by atoms with van der Waals surface area (Å²) in [7, 11) is 0. The van der Waals surface area contributed by atoms with Gasteiger partial charge in [0.25, 0.3) is 0 Å². The Balaban J connectivity index is 2.57. The van der Waals surface area contributed by atoms with E-state index in [9.17, 15) is 0 Å². The van der Waals surface area contributed by atoms with Crippen molar-refractivity contribution in [3.05, 3.63) is 20.8 Å². The molecule has 0 amide bonds. The fourth-order valence-corrected chi connectivity index (χ4v) is 3.00. The van der Waals surface area contributed by atoms with Gasteiger partial charge in [0, 0.05) is 10.9 Å². The molecule has 0 aliphatic rings. The minimum Gasteiger partial charge on any atom is -0.309 e. The van der Waals surface area contributed by atoms with Crippen molar-refractivity contribution in [2.24, 2.45) is 0 Å². The Morgan fingerprint density at radius 2 is 2.14 bits per heavy atom. The van der Waals surface area contributed by atoms with Gasteiger partial charge in [-0.1, -0.05) is 20.3 Å². The van der Waals surface area contributed by atoms with Crippen molar-refractivity contribution >= 4 is 27.3 Å². The quantitative estimate of drug-likeness (QED) is 0.814. The predicted molar refractivity (Wildman–Crippen MR) is 68.0 cm³/mol. The summed E-state index contributed by atoms with van der Waals surface area (Å²) >= 11 is 5.35. The first-order chi connectivity index (χ1) is 6.77. The third kappa shape index (κ3) is 3.71. The highest BCUT2D eigenvalue weighted by molar-refractivity contribution is 9.11. The summed E-state index contributed by atoms with van der Waals surface area (Å²) in [5.74, 6) is 0. The topological polar surface area (TPSA) is 12.0 Å². The molecule has 14 heavy (non-hydrogen) atoms. The van der Waals surface area contributed by atoms with Crippen LogP contribution in [-0.2, 0) is 0 Å². The van der Waals surface area contributed by atoms with E-state index in [0.717, 1.165) is 6.54 Å². The molecule has 0 radical (unpaired) electrons. The molecular weight excluding hydrogens is 258 g/mol. The monoisotopic (exact) mass is 275 g/mol. The molecule has 0 aliphatic heterocycles. The van der Waals surface area contributed by atoms with Gasteiger partial charge in [-0.2, -0.15) is 0 Å². The first kappa shape index (κ1) is 12.2. The van der Waals surface area contributed by atoms with E-state index < -0.39 is 0 Å². The standard InChI is InChI=1S/C11H18BrNS/c1-3-5-9(13-8-4-2)10-6-7-11(12)14-10/h6-7,9,13H,3-5,8H2,1-2H3. The summed E-state index contributed by atoms with van der Waals surface area (Å²) < 4.78 is 1.23. The lowest BCUT2D eigenvalue weighted by molar-refractivity contribution is 0.501. The zero-order chi connectivity index (χ0) is 10.4. The first-order valence-electron chi connectivity index (χ1n) is 5.26. The van der Waals surface area contributed by atoms with E-state index in [1.807, 2.05) is 11.3 Å². The number of hydrogen-bond donors (Lipinski definition) is 1. The average molecular weight is 276 g/mol. The largest absolute Gasteiger partial charge is 0.309 e. The Morgan fingerprint density at radius 1 is 1.36 bits per heavy atom. The second kappa shape index (κ2) is 6.59. The van der Waals surface area contributed by atoms with E-state index in [-0.39, 0.29) is 0 Å². The predicted octanol–water partition coefficient (Wildman–Crippen LogP) is 4.35. The lowest BCUT2D eigenvalue weighted by Crippen LogP contribution is -2.21. The molecule has 0 saturated carbocycles. The Hall–Kier alpha value is 0.140.